The van der Waals surface area contributed by atoms with E-state index in [4.69, 9.17) is 5.11 Å². The summed E-state index contributed by atoms with van der Waals surface area (Å²) in [5.41, 5.74) is 4.84. The molecule has 0 aliphatic carbocycles. The minimum Gasteiger partial charge on any atom is -0.505 e. The van der Waals surface area contributed by atoms with Gasteiger partial charge in [0, 0.05) is 24.9 Å². The fourth-order valence-electron chi connectivity index (χ4n) is 3.30. The highest BCUT2D eigenvalue weighted by atomic mass is 16.3. The van der Waals surface area contributed by atoms with Crippen LogP contribution in [0.2, 0.25) is 0 Å². The molecule has 0 saturated heterocycles. The smallest absolute Gasteiger partial charge is 0.146 e. The van der Waals surface area contributed by atoms with Crippen molar-refractivity contribution in [2.45, 2.75) is 39.0 Å². The number of aliphatic hydroxyl groups excluding tert-OH is 1. The SMILES string of the molecule is C=C(CCc1cc(-n2nc3ccccc3n2)c(O)c(C(C)(C)C)c1)N(C)CCO. The van der Waals surface area contributed by atoms with Crippen LogP contribution in [0.5, 0.6) is 5.75 Å². The van der Waals surface area contributed by atoms with Crippen LogP contribution in [0.4, 0.5) is 0 Å². The molecule has 2 N–H and O–H groups in total. The first-order chi connectivity index (χ1) is 13.7. The summed E-state index contributed by atoms with van der Waals surface area (Å²) in [4.78, 5) is 3.49. The number of likely N-dealkylation sites (N-methyl/N-ethyl adjacent to an activating group) is 1. The lowest BCUT2D eigenvalue weighted by Gasteiger charge is -2.24. The summed E-state index contributed by atoms with van der Waals surface area (Å²) >= 11 is 0. The zero-order valence-corrected chi connectivity index (χ0v) is 17.7. The Balaban J connectivity index is 1.99. The van der Waals surface area contributed by atoms with Crippen molar-refractivity contribution in [3.8, 4) is 11.4 Å². The van der Waals surface area contributed by atoms with Crippen LogP contribution in [0.25, 0.3) is 16.7 Å². The van der Waals surface area contributed by atoms with Gasteiger partial charge in [-0.2, -0.15) is 0 Å². The molecule has 0 bridgehead atoms. The van der Waals surface area contributed by atoms with E-state index in [-0.39, 0.29) is 17.8 Å². The summed E-state index contributed by atoms with van der Waals surface area (Å²) in [7, 11) is 1.93. The third-order valence-electron chi connectivity index (χ3n) is 5.14. The fourth-order valence-corrected chi connectivity index (χ4v) is 3.30. The van der Waals surface area contributed by atoms with Gasteiger partial charge in [0.2, 0.25) is 0 Å². The van der Waals surface area contributed by atoms with E-state index < -0.39 is 0 Å². The van der Waals surface area contributed by atoms with Crippen molar-refractivity contribution >= 4 is 11.0 Å². The van der Waals surface area contributed by atoms with Gasteiger partial charge in [-0.05, 0) is 42.0 Å². The lowest BCUT2D eigenvalue weighted by atomic mass is 9.84. The Labute approximate surface area is 172 Å². The molecule has 154 valence electrons. The number of fused-ring (bicyclic) bond motifs is 1. The minimum absolute atomic E-state index is 0.103. The van der Waals surface area contributed by atoms with E-state index in [1.807, 2.05) is 42.3 Å². The first kappa shape index (κ1) is 20.9. The number of rotatable bonds is 7. The zero-order chi connectivity index (χ0) is 21.2. The molecule has 3 rings (SSSR count). The predicted molar refractivity (Wildman–Crippen MR) is 116 cm³/mol. The second kappa shape index (κ2) is 8.25. The number of nitrogens with zero attached hydrogens (tertiary/aromatic N) is 4. The molecule has 0 aliphatic rings. The van der Waals surface area contributed by atoms with Crippen molar-refractivity contribution in [2.24, 2.45) is 0 Å². The van der Waals surface area contributed by atoms with Crippen LogP contribution in [0.1, 0.15) is 38.3 Å². The molecule has 6 nitrogen and oxygen atoms in total. The van der Waals surface area contributed by atoms with Gasteiger partial charge < -0.3 is 15.1 Å². The number of hydrogen-bond acceptors (Lipinski definition) is 5. The first-order valence-corrected chi connectivity index (χ1v) is 9.89. The average molecular weight is 395 g/mol. The third kappa shape index (κ3) is 4.59. The Morgan fingerprint density at radius 3 is 2.31 bits per heavy atom. The lowest BCUT2D eigenvalue weighted by Crippen LogP contribution is -2.21. The average Bonchev–Trinajstić information content (AvgIpc) is 3.10. The molecule has 1 aromatic heterocycles. The number of aromatic hydroxyl groups is 1. The number of allylic oxidation sites excluding steroid dienone is 1. The monoisotopic (exact) mass is 394 g/mol. The summed E-state index contributed by atoms with van der Waals surface area (Å²) in [5.74, 6) is 0.206. The van der Waals surface area contributed by atoms with Crippen LogP contribution >= 0.6 is 0 Å². The molecule has 1 heterocycles. The molecule has 0 radical (unpaired) electrons. The molecule has 29 heavy (non-hydrogen) atoms. The third-order valence-corrected chi connectivity index (χ3v) is 5.14. The van der Waals surface area contributed by atoms with Crippen molar-refractivity contribution < 1.29 is 10.2 Å². The lowest BCUT2D eigenvalue weighted by molar-refractivity contribution is 0.243. The number of benzene rings is 2. The summed E-state index contributed by atoms with van der Waals surface area (Å²) in [6, 6.07) is 11.7. The van der Waals surface area contributed by atoms with Crippen molar-refractivity contribution in [1.82, 2.24) is 19.9 Å². The molecule has 3 aromatic rings. The van der Waals surface area contributed by atoms with Crippen molar-refractivity contribution in [2.75, 3.05) is 20.2 Å². The minimum atomic E-state index is -0.230. The van der Waals surface area contributed by atoms with E-state index in [1.54, 1.807) is 0 Å². The Morgan fingerprint density at radius 1 is 1.14 bits per heavy atom. The highest BCUT2D eigenvalue weighted by molar-refractivity contribution is 5.73. The Morgan fingerprint density at radius 2 is 1.76 bits per heavy atom. The van der Waals surface area contributed by atoms with E-state index in [0.29, 0.717) is 12.2 Å². The molecule has 0 unspecified atom stereocenters. The predicted octanol–water partition coefficient (Wildman–Crippen LogP) is 3.79. The van der Waals surface area contributed by atoms with E-state index in [1.165, 1.54) is 4.80 Å². The van der Waals surface area contributed by atoms with E-state index in [2.05, 4.69) is 43.6 Å². The maximum Gasteiger partial charge on any atom is 0.146 e. The molecule has 0 aliphatic heterocycles. The summed E-state index contributed by atoms with van der Waals surface area (Å²) in [6.45, 7) is 11.0. The van der Waals surface area contributed by atoms with Crippen LogP contribution in [-0.4, -0.2) is 50.3 Å². The first-order valence-electron chi connectivity index (χ1n) is 9.89. The number of hydrogen-bond donors (Lipinski definition) is 2. The zero-order valence-electron chi connectivity index (χ0n) is 17.7. The van der Waals surface area contributed by atoms with Gasteiger partial charge in [-0.3, -0.25) is 0 Å². The maximum absolute atomic E-state index is 11.0. The second-order valence-corrected chi connectivity index (χ2v) is 8.45. The standard InChI is InChI=1S/C23H30N4O2/c1-16(26(5)12-13-28)10-11-17-14-18(23(2,3)4)22(29)21(15-17)27-24-19-8-6-7-9-20(19)25-27/h6-9,14-15,28-29H,1,10-13H2,2-5H3. The van der Waals surface area contributed by atoms with E-state index in [0.717, 1.165) is 40.7 Å². The van der Waals surface area contributed by atoms with E-state index >= 15 is 0 Å². The Bertz CT molecular complexity index is 984. The maximum atomic E-state index is 11.0. The van der Waals surface area contributed by atoms with Gasteiger partial charge in [0.1, 0.15) is 22.5 Å². The normalized spacial score (nSPS) is 11.8. The van der Waals surface area contributed by atoms with Gasteiger partial charge in [0.15, 0.2) is 0 Å². The fraction of sp³-hybridized carbons (Fsp3) is 0.391. The summed E-state index contributed by atoms with van der Waals surface area (Å²) in [5, 5.41) is 29.2. The molecule has 0 amide bonds. The number of aromatic nitrogens is 3. The topological polar surface area (TPSA) is 74.4 Å². The van der Waals surface area contributed by atoms with E-state index in [9.17, 15) is 5.11 Å². The number of phenols is 1. The Kier molecular flexibility index (Phi) is 5.94. The van der Waals surface area contributed by atoms with Crippen LogP contribution in [0.15, 0.2) is 48.7 Å². The van der Waals surface area contributed by atoms with Gasteiger partial charge in [-0.25, -0.2) is 0 Å². The molecule has 0 atom stereocenters. The van der Waals surface area contributed by atoms with Crippen LogP contribution in [0.3, 0.4) is 0 Å². The molecule has 2 aromatic carbocycles. The van der Waals surface area contributed by atoms with Crippen molar-refractivity contribution in [3.05, 3.63) is 59.8 Å². The second-order valence-electron chi connectivity index (χ2n) is 8.45. The quantitative estimate of drug-likeness (QED) is 0.638. The van der Waals surface area contributed by atoms with Crippen molar-refractivity contribution in [1.29, 1.82) is 0 Å². The molecule has 0 fully saturated rings. The number of aryl methyl sites for hydroxylation is 1. The van der Waals surface area contributed by atoms with Gasteiger partial charge in [0.05, 0.1) is 6.61 Å². The molecular weight excluding hydrogens is 364 g/mol. The molecule has 6 heteroatoms. The molecular formula is C23H30N4O2. The highest BCUT2D eigenvalue weighted by Crippen LogP contribution is 2.36. The highest BCUT2D eigenvalue weighted by Gasteiger charge is 2.23. The Hall–Kier alpha value is -2.86. The van der Waals surface area contributed by atoms with Crippen molar-refractivity contribution in [3.63, 3.8) is 0 Å². The van der Waals surface area contributed by atoms with Gasteiger partial charge in [-0.15, -0.1) is 15.0 Å². The van der Waals surface area contributed by atoms with Crippen LogP contribution in [-0.2, 0) is 11.8 Å². The largest absolute Gasteiger partial charge is 0.505 e. The molecule has 0 spiro atoms. The molecule has 0 saturated carbocycles. The summed E-state index contributed by atoms with van der Waals surface area (Å²) < 4.78 is 0. The van der Waals surface area contributed by atoms with Gasteiger partial charge in [0.25, 0.3) is 0 Å². The van der Waals surface area contributed by atoms with Crippen LogP contribution < -0.4 is 0 Å². The van der Waals surface area contributed by atoms with Gasteiger partial charge in [-0.1, -0.05) is 45.5 Å². The van der Waals surface area contributed by atoms with Crippen LogP contribution in [0, 0.1) is 0 Å². The number of phenolic OH excluding ortho intramolecular Hbond substituents is 1. The summed E-state index contributed by atoms with van der Waals surface area (Å²) in [6.07, 6.45) is 1.53. The van der Waals surface area contributed by atoms with Gasteiger partial charge >= 0.3 is 0 Å². The number of aliphatic hydroxyl groups is 1.